The molecular formula is C24H26N6O4. The van der Waals surface area contributed by atoms with Gasteiger partial charge in [0.2, 0.25) is 0 Å². The lowest BCUT2D eigenvalue weighted by Gasteiger charge is -2.11. The van der Waals surface area contributed by atoms with Crippen molar-refractivity contribution in [3.05, 3.63) is 79.8 Å². The highest BCUT2D eigenvalue weighted by atomic mass is 16.5. The van der Waals surface area contributed by atoms with E-state index < -0.39 is 17.2 Å². The fraction of sp³-hybridized carbons (Fsp3) is 0.375. The molecule has 176 valence electrons. The van der Waals surface area contributed by atoms with Crippen LogP contribution in [0.5, 0.6) is 0 Å². The number of hydrogen-bond donors (Lipinski definition) is 1. The Morgan fingerprint density at radius 3 is 2.79 bits per heavy atom. The van der Waals surface area contributed by atoms with Crippen molar-refractivity contribution in [3.63, 3.8) is 0 Å². The number of aromatic amines is 1. The van der Waals surface area contributed by atoms with Crippen LogP contribution in [-0.4, -0.2) is 41.7 Å². The highest BCUT2D eigenvalue weighted by Gasteiger charge is 2.21. The molecule has 3 aromatic heterocycles. The van der Waals surface area contributed by atoms with Crippen LogP contribution in [0.1, 0.15) is 53.0 Å². The van der Waals surface area contributed by atoms with Crippen LogP contribution in [0.4, 0.5) is 0 Å². The number of benzene rings is 1. The van der Waals surface area contributed by atoms with Gasteiger partial charge in [-0.05, 0) is 37.5 Å². The molecule has 1 aliphatic heterocycles. The zero-order chi connectivity index (χ0) is 23.8. The summed E-state index contributed by atoms with van der Waals surface area (Å²) < 4.78 is 10.3. The Hall–Kier alpha value is -3.95. The van der Waals surface area contributed by atoms with Crippen LogP contribution < -0.4 is 11.2 Å². The number of nitrogens with zero attached hydrogens (tertiary/aromatic N) is 5. The summed E-state index contributed by atoms with van der Waals surface area (Å²) >= 11 is 0. The molecule has 0 unspecified atom stereocenters. The summed E-state index contributed by atoms with van der Waals surface area (Å²) in [4.78, 5) is 49.3. The Balaban J connectivity index is 1.64. The van der Waals surface area contributed by atoms with Gasteiger partial charge in [-0.15, -0.1) is 0 Å². The van der Waals surface area contributed by atoms with E-state index in [0.717, 1.165) is 42.9 Å². The van der Waals surface area contributed by atoms with Crippen LogP contribution in [0.25, 0.3) is 11.2 Å². The third kappa shape index (κ3) is 3.85. The average Bonchev–Trinajstić information content (AvgIpc) is 3.40. The van der Waals surface area contributed by atoms with Crippen molar-refractivity contribution in [2.75, 3.05) is 7.11 Å². The molecule has 5 rings (SSSR count). The van der Waals surface area contributed by atoms with Gasteiger partial charge in [-0.2, -0.15) is 0 Å². The van der Waals surface area contributed by atoms with E-state index in [-0.39, 0.29) is 0 Å². The van der Waals surface area contributed by atoms with Crippen molar-refractivity contribution < 1.29 is 9.53 Å². The minimum absolute atomic E-state index is 0.301. The summed E-state index contributed by atoms with van der Waals surface area (Å²) in [5.41, 5.74) is 1.80. The molecule has 34 heavy (non-hydrogen) atoms. The molecule has 1 N–H and O–H groups in total. The Morgan fingerprint density at radius 2 is 2.03 bits per heavy atom. The molecule has 0 aliphatic carbocycles. The van der Waals surface area contributed by atoms with Gasteiger partial charge in [0.1, 0.15) is 11.6 Å². The number of rotatable bonds is 6. The molecule has 0 radical (unpaired) electrons. The lowest BCUT2D eigenvalue weighted by atomic mass is 10.1. The first kappa shape index (κ1) is 21.9. The number of hydrogen-bond acceptors (Lipinski definition) is 6. The number of aromatic nitrogens is 6. The Bertz CT molecular complexity index is 1480. The van der Waals surface area contributed by atoms with Crippen molar-refractivity contribution in [3.8, 4) is 0 Å². The maximum atomic E-state index is 12.9. The van der Waals surface area contributed by atoms with E-state index in [9.17, 15) is 14.4 Å². The van der Waals surface area contributed by atoms with E-state index in [2.05, 4.69) is 9.55 Å². The normalized spacial score (nSPS) is 13.2. The summed E-state index contributed by atoms with van der Waals surface area (Å²) in [6.07, 6.45) is 5.68. The summed E-state index contributed by atoms with van der Waals surface area (Å²) in [6, 6.07) is 7.07. The summed E-state index contributed by atoms with van der Waals surface area (Å²) in [6.45, 7) is 3.46. The molecule has 10 heteroatoms. The predicted octanol–water partition coefficient (Wildman–Crippen LogP) is 1.86. The van der Waals surface area contributed by atoms with Crippen LogP contribution in [0.15, 0.2) is 40.1 Å². The Labute approximate surface area is 194 Å². The monoisotopic (exact) mass is 462 g/mol. The lowest BCUT2D eigenvalue weighted by Crippen LogP contribution is -2.30. The van der Waals surface area contributed by atoms with E-state index in [4.69, 9.17) is 14.7 Å². The van der Waals surface area contributed by atoms with Crippen LogP contribution >= 0.6 is 0 Å². The van der Waals surface area contributed by atoms with E-state index in [1.54, 1.807) is 18.2 Å². The van der Waals surface area contributed by atoms with Gasteiger partial charge in [0, 0.05) is 38.7 Å². The molecule has 4 aromatic rings. The van der Waals surface area contributed by atoms with E-state index >= 15 is 0 Å². The smallest absolute Gasteiger partial charge is 0.337 e. The predicted molar refractivity (Wildman–Crippen MR) is 125 cm³/mol. The second-order valence-electron chi connectivity index (χ2n) is 8.46. The first-order valence-electron chi connectivity index (χ1n) is 11.4. The zero-order valence-electron chi connectivity index (χ0n) is 19.2. The second-order valence-corrected chi connectivity index (χ2v) is 8.46. The molecule has 0 atom stereocenters. The number of nitrogens with one attached hydrogen (secondary N) is 1. The molecule has 0 saturated heterocycles. The third-order valence-corrected chi connectivity index (χ3v) is 6.27. The fourth-order valence-corrected chi connectivity index (χ4v) is 4.63. The van der Waals surface area contributed by atoms with Crippen molar-refractivity contribution in [1.82, 2.24) is 28.7 Å². The number of carbonyl (C=O) groups is 1. The van der Waals surface area contributed by atoms with Gasteiger partial charge in [0.25, 0.3) is 5.56 Å². The quantitative estimate of drug-likeness (QED) is 0.437. The summed E-state index contributed by atoms with van der Waals surface area (Å²) in [5.74, 6) is 1.27. The first-order chi connectivity index (χ1) is 16.5. The minimum Gasteiger partial charge on any atom is -0.465 e. The zero-order valence-corrected chi connectivity index (χ0v) is 19.2. The molecule has 1 aliphatic rings. The molecule has 0 spiro atoms. The molecule has 4 heterocycles. The molecule has 0 amide bonds. The number of imidazole rings is 2. The molecule has 10 nitrogen and oxygen atoms in total. The van der Waals surface area contributed by atoms with Crippen molar-refractivity contribution in [2.45, 2.75) is 52.2 Å². The van der Waals surface area contributed by atoms with Gasteiger partial charge in [-0.3, -0.25) is 14.3 Å². The number of H-pyrrole nitrogens is 1. The van der Waals surface area contributed by atoms with Gasteiger partial charge in [-0.1, -0.05) is 12.1 Å². The molecular weight excluding hydrogens is 436 g/mol. The number of fused-ring (bicyclic) bond motifs is 2. The summed E-state index contributed by atoms with van der Waals surface area (Å²) in [5, 5.41) is 0. The molecule has 0 saturated carbocycles. The number of methoxy groups -OCH3 is 1. The number of carbonyl (C=O) groups excluding carboxylic acids is 1. The number of esters is 1. The van der Waals surface area contributed by atoms with E-state index in [1.165, 1.54) is 11.7 Å². The van der Waals surface area contributed by atoms with Crippen LogP contribution in [0, 0.1) is 0 Å². The van der Waals surface area contributed by atoms with Gasteiger partial charge in [0.15, 0.2) is 11.2 Å². The maximum absolute atomic E-state index is 12.9. The topological polar surface area (TPSA) is 117 Å². The van der Waals surface area contributed by atoms with Crippen LogP contribution in [0.2, 0.25) is 0 Å². The maximum Gasteiger partial charge on any atom is 0.337 e. The fourth-order valence-electron chi connectivity index (χ4n) is 4.63. The largest absolute Gasteiger partial charge is 0.465 e. The van der Waals surface area contributed by atoms with E-state index in [1.807, 2.05) is 23.8 Å². The Kier molecular flexibility index (Phi) is 5.64. The standard InChI is InChI=1S/C24H26N6O4/c1-3-29-21-20(22(31)27-24(29)33)30(13-15-7-6-8-16(11-15)23(32)34-2)19(26-21)12-17-14-28-10-5-4-9-18(28)25-17/h6-8,11,14H,3-5,9-10,12-13H2,1-2H3,(H,27,31,33). The number of aryl methyl sites for hydroxylation is 3. The highest BCUT2D eigenvalue weighted by molar-refractivity contribution is 5.89. The average molecular weight is 463 g/mol. The number of ether oxygens (including phenoxy) is 1. The molecule has 0 bridgehead atoms. The van der Waals surface area contributed by atoms with Crippen molar-refractivity contribution >= 4 is 17.1 Å². The molecule has 0 fully saturated rings. The van der Waals surface area contributed by atoms with Gasteiger partial charge in [-0.25, -0.2) is 19.6 Å². The third-order valence-electron chi connectivity index (χ3n) is 6.27. The minimum atomic E-state index is -0.489. The van der Waals surface area contributed by atoms with Crippen LogP contribution in [-0.2, 0) is 37.2 Å². The highest BCUT2D eigenvalue weighted by Crippen LogP contribution is 2.20. The SMILES string of the molecule is CCn1c(=O)[nH]c(=O)c2c1nc(Cc1cn3c(n1)CCCC3)n2Cc1cccc(C(=O)OC)c1. The lowest BCUT2D eigenvalue weighted by molar-refractivity contribution is 0.0600. The molecule has 1 aromatic carbocycles. The second kappa shape index (κ2) is 8.77. The Morgan fingerprint density at radius 1 is 1.18 bits per heavy atom. The van der Waals surface area contributed by atoms with E-state index in [0.29, 0.717) is 42.1 Å². The van der Waals surface area contributed by atoms with Crippen LogP contribution in [0.3, 0.4) is 0 Å². The van der Waals surface area contributed by atoms with Gasteiger partial charge in [0.05, 0.1) is 18.4 Å². The van der Waals surface area contributed by atoms with Gasteiger partial charge >= 0.3 is 11.7 Å². The van der Waals surface area contributed by atoms with Crippen molar-refractivity contribution in [1.29, 1.82) is 0 Å². The summed E-state index contributed by atoms with van der Waals surface area (Å²) in [7, 11) is 1.34. The van der Waals surface area contributed by atoms with Crippen molar-refractivity contribution in [2.24, 2.45) is 0 Å². The first-order valence-corrected chi connectivity index (χ1v) is 11.4. The van der Waals surface area contributed by atoms with Gasteiger partial charge < -0.3 is 13.9 Å².